The van der Waals surface area contributed by atoms with Crippen molar-refractivity contribution in [1.29, 1.82) is 0 Å². The fraction of sp³-hybridized carbons (Fsp3) is 0.571. The Morgan fingerprint density at radius 3 is 2.21 bits per heavy atom. The molecule has 0 bridgehead atoms. The van der Waals surface area contributed by atoms with E-state index in [1.165, 1.54) is 4.90 Å². The van der Waals surface area contributed by atoms with Crippen LogP contribution in [0.1, 0.15) is 25.0 Å². The van der Waals surface area contributed by atoms with E-state index in [4.69, 9.17) is 0 Å². The van der Waals surface area contributed by atoms with Crippen LogP contribution in [0.2, 0.25) is 0 Å². The van der Waals surface area contributed by atoms with Gasteiger partial charge in [0.1, 0.15) is 0 Å². The third-order valence-corrected chi connectivity index (χ3v) is 4.64. The molecular formula is C14H25N2O2S+. The monoisotopic (exact) mass is 285 g/mol. The van der Waals surface area contributed by atoms with Gasteiger partial charge in [0.2, 0.25) is 10.0 Å². The molecule has 0 fully saturated rings. The Morgan fingerprint density at radius 1 is 1.11 bits per heavy atom. The van der Waals surface area contributed by atoms with Gasteiger partial charge in [0.25, 0.3) is 0 Å². The number of aryl methyl sites for hydroxylation is 1. The van der Waals surface area contributed by atoms with E-state index in [1.54, 1.807) is 0 Å². The fourth-order valence-corrected chi connectivity index (χ4v) is 3.09. The lowest BCUT2D eigenvalue weighted by Gasteiger charge is -2.15. The van der Waals surface area contributed by atoms with E-state index in [-0.39, 0.29) is 5.75 Å². The molecule has 0 heterocycles. The lowest BCUT2D eigenvalue weighted by atomic mass is 10.2. The number of benzene rings is 1. The topological polar surface area (TPSA) is 50.6 Å². The zero-order valence-corrected chi connectivity index (χ0v) is 12.9. The van der Waals surface area contributed by atoms with Crippen LogP contribution in [0.3, 0.4) is 0 Å². The van der Waals surface area contributed by atoms with Crippen molar-refractivity contribution < 1.29 is 13.3 Å². The van der Waals surface area contributed by atoms with Gasteiger partial charge < -0.3 is 4.90 Å². The Morgan fingerprint density at radius 2 is 1.68 bits per heavy atom. The second-order valence-corrected chi connectivity index (χ2v) is 6.65. The highest BCUT2D eigenvalue weighted by Crippen LogP contribution is 2.06. The molecule has 0 aliphatic carbocycles. The fourth-order valence-electron chi connectivity index (χ4n) is 1.94. The summed E-state index contributed by atoms with van der Waals surface area (Å²) in [5.74, 6) is 0.0564. The van der Waals surface area contributed by atoms with E-state index < -0.39 is 10.0 Å². The quantitative estimate of drug-likeness (QED) is 0.724. The Hall–Kier alpha value is -0.910. The zero-order chi connectivity index (χ0) is 14.3. The second kappa shape index (κ2) is 7.62. The van der Waals surface area contributed by atoms with Gasteiger partial charge in [-0.05, 0) is 26.3 Å². The van der Waals surface area contributed by atoms with Gasteiger partial charge in [-0.2, -0.15) is 0 Å². The Bertz CT molecular complexity index is 465. The molecule has 0 aromatic heterocycles. The molecule has 0 unspecified atom stereocenters. The number of nitrogens with one attached hydrogen (secondary N) is 2. The lowest BCUT2D eigenvalue weighted by molar-refractivity contribution is -0.895. The molecule has 0 amide bonds. The predicted octanol–water partition coefficient (Wildman–Crippen LogP) is 0.339. The third-order valence-electron chi connectivity index (χ3n) is 3.28. The van der Waals surface area contributed by atoms with E-state index in [0.29, 0.717) is 6.54 Å². The van der Waals surface area contributed by atoms with Gasteiger partial charge in [-0.15, -0.1) is 0 Å². The van der Waals surface area contributed by atoms with E-state index in [0.717, 1.165) is 30.8 Å². The summed E-state index contributed by atoms with van der Waals surface area (Å²) in [6.45, 7) is 9.60. The van der Waals surface area contributed by atoms with Crippen molar-refractivity contribution in [3.63, 3.8) is 0 Å². The highest BCUT2D eigenvalue weighted by molar-refractivity contribution is 7.88. The van der Waals surface area contributed by atoms with Crippen LogP contribution in [0.5, 0.6) is 0 Å². The van der Waals surface area contributed by atoms with Gasteiger partial charge in [-0.1, -0.05) is 29.8 Å². The van der Waals surface area contributed by atoms with Gasteiger partial charge in [0.15, 0.2) is 0 Å². The smallest absolute Gasteiger partial charge is 0.215 e. The molecule has 0 aliphatic heterocycles. The molecule has 1 rings (SSSR count). The Labute approximate surface area is 116 Å². The molecule has 4 nitrogen and oxygen atoms in total. The van der Waals surface area contributed by atoms with Gasteiger partial charge in [-0.3, -0.25) is 0 Å². The van der Waals surface area contributed by atoms with Crippen LogP contribution in [0.4, 0.5) is 0 Å². The van der Waals surface area contributed by atoms with Crippen molar-refractivity contribution in [2.45, 2.75) is 26.5 Å². The summed E-state index contributed by atoms with van der Waals surface area (Å²) in [5.41, 5.74) is 1.97. The Balaban J connectivity index is 2.46. The van der Waals surface area contributed by atoms with E-state index in [9.17, 15) is 8.42 Å². The van der Waals surface area contributed by atoms with Gasteiger partial charge in [0.05, 0.1) is 31.9 Å². The van der Waals surface area contributed by atoms with Crippen LogP contribution in [0.15, 0.2) is 24.3 Å². The largest absolute Gasteiger partial charge is 0.334 e. The molecule has 108 valence electrons. The lowest BCUT2D eigenvalue weighted by Crippen LogP contribution is -3.12. The third kappa shape index (κ3) is 6.18. The van der Waals surface area contributed by atoms with Crippen LogP contribution in [0.25, 0.3) is 0 Å². The average Bonchev–Trinajstić information content (AvgIpc) is 2.37. The van der Waals surface area contributed by atoms with Gasteiger partial charge >= 0.3 is 0 Å². The standard InChI is InChI=1S/C14H24N2O2S/c1-4-16(5-2)11-10-15-19(17,18)12-14-8-6-13(3)7-9-14/h6-9,15H,4-5,10-12H2,1-3H3/p+1. The molecule has 0 radical (unpaired) electrons. The average molecular weight is 285 g/mol. The van der Waals surface area contributed by atoms with Crippen LogP contribution >= 0.6 is 0 Å². The van der Waals surface area contributed by atoms with Crippen LogP contribution in [-0.2, 0) is 15.8 Å². The van der Waals surface area contributed by atoms with Crippen molar-refractivity contribution in [2.75, 3.05) is 26.2 Å². The molecule has 0 spiro atoms. The van der Waals surface area contributed by atoms with E-state index in [1.807, 2.05) is 31.2 Å². The second-order valence-electron chi connectivity index (χ2n) is 4.85. The van der Waals surface area contributed by atoms with Crippen molar-refractivity contribution in [2.24, 2.45) is 0 Å². The minimum atomic E-state index is -3.22. The van der Waals surface area contributed by atoms with Crippen molar-refractivity contribution in [3.8, 4) is 0 Å². The summed E-state index contributed by atoms with van der Waals surface area (Å²) in [4.78, 5) is 1.40. The predicted molar refractivity (Wildman–Crippen MR) is 78.7 cm³/mol. The van der Waals surface area contributed by atoms with E-state index >= 15 is 0 Å². The first kappa shape index (κ1) is 16.1. The summed E-state index contributed by atoms with van der Waals surface area (Å²) in [6.07, 6.45) is 0. The molecule has 0 saturated heterocycles. The first-order chi connectivity index (χ1) is 8.96. The van der Waals surface area contributed by atoms with Crippen molar-refractivity contribution in [3.05, 3.63) is 35.4 Å². The minimum absolute atomic E-state index is 0.0564. The normalized spacial score (nSPS) is 12.0. The number of sulfonamides is 1. The summed E-state index contributed by atoms with van der Waals surface area (Å²) >= 11 is 0. The van der Waals surface area contributed by atoms with Crippen LogP contribution < -0.4 is 9.62 Å². The number of likely N-dealkylation sites (N-methyl/N-ethyl adjacent to an activating group) is 1. The van der Waals surface area contributed by atoms with Gasteiger partial charge in [0, 0.05) is 0 Å². The summed E-state index contributed by atoms with van der Waals surface area (Å²) in [6, 6.07) is 7.60. The summed E-state index contributed by atoms with van der Waals surface area (Å²) in [5, 5.41) is 0. The maximum atomic E-state index is 11.9. The minimum Gasteiger partial charge on any atom is -0.334 e. The zero-order valence-electron chi connectivity index (χ0n) is 12.1. The molecule has 0 aliphatic rings. The molecular weight excluding hydrogens is 260 g/mol. The molecule has 5 heteroatoms. The number of hydrogen-bond donors (Lipinski definition) is 2. The SMILES string of the molecule is CC[NH+](CC)CCNS(=O)(=O)Cc1ccc(C)cc1. The maximum absolute atomic E-state index is 11.9. The molecule has 1 aromatic carbocycles. The van der Waals surface area contributed by atoms with E-state index in [2.05, 4.69) is 18.6 Å². The molecule has 1 aromatic rings. The molecule has 0 saturated carbocycles. The maximum Gasteiger partial charge on any atom is 0.215 e. The number of rotatable bonds is 8. The summed E-state index contributed by atoms with van der Waals surface area (Å²) < 4.78 is 26.5. The molecule has 2 N–H and O–H groups in total. The summed E-state index contributed by atoms with van der Waals surface area (Å²) in [7, 11) is -3.22. The van der Waals surface area contributed by atoms with Crippen molar-refractivity contribution >= 4 is 10.0 Å². The molecule has 0 atom stereocenters. The molecule has 19 heavy (non-hydrogen) atoms. The first-order valence-electron chi connectivity index (χ1n) is 6.83. The van der Waals surface area contributed by atoms with Crippen LogP contribution in [0, 0.1) is 6.92 Å². The highest BCUT2D eigenvalue weighted by Gasteiger charge is 2.12. The van der Waals surface area contributed by atoms with Crippen molar-refractivity contribution in [1.82, 2.24) is 4.72 Å². The first-order valence-corrected chi connectivity index (χ1v) is 8.48. The van der Waals surface area contributed by atoms with Gasteiger partial charge in [-0.25, -0.2) is 13.1 Å². The number of quaternary nitrogens is 1. The van der Waals surface area contributed by atoms with Crippen LogP contribution in [-0.4, -0.2) is 34.6 Å². The number of hydrogen-bond acceptors (Lipinski definition) is 2. The highest BCUT2D eigenvalue weighted by atomic mass is 32.2. The Kier molecular flexibility index (Phi) is 6.48.